The second-order valence-corrected chi connectivity index (χ2v) is 11.2. The Bertz CT molecular complexity index is 295. The minimum absolute atomic E-state index is 0.310. The van der Waals surface area contributed by atoms with Gasteiger partial charge in [-0.15, -0.1) is 0 Å². The molecule has 0 saturated heterocycles. The average molecular weight is 427 g/mol. The monoisotopic (exact) mass is 426 g/mol. The first kappa shape index (κ1) is 27.2. The summed E-state index contributed by atoms with van der Waals surface area (Å²) in [6.45, 7) is 18.8. The summed E-state index contributed by atoms with van der Waals surface area (Å²) in [7, 11) is -6.04. The highest BCUT2D eigenvalue weighted by Gasteiger charge is 2.56. The maximum Gasteiger partial charge on any atom is 0.531 e. The molecule has 0 spiro atoms. The Balaban J connectivity index is 5.81. The molecular formula is C18H42O7Si2. The maximum absolute atomic E-state index is 6.57. The first-order valence-electron chi connectivity index (χ1n) is 10.5. The van der Waals surface area contributed by atoms with Crippen LogP contribution in [0.2, 0.25) is 0 Å². The number of ether oxygens (including phenoxy) is 1. The summed E-state index contributed by atoms with van der Waals surface area (Å²) in [5.74, 6) is 0. The third kappa shape index (κ3) is 7.83. The first-order valence-corrected chi connectivity index (χ1v) is 14.1. The van der Waals surface area contributed by atoms with Crippen molar-refractivity contribution in [1.82, 2.24) is 0 Å². The van der Waals surface area contributed by atoms with Crippen molar-refractivity contribution >= 4 is 17.6 Å². The lowest BCUT2D eigenvalue weighted by molar-refractivity contribution is -0.0584. The molecule has 27 heavy (non-hydrogen) atoms. The maximum atomic E-state index is 6.57. The van der Waals surface area contributed by atoms with Crippen molar-refractivity contribution in [2.45, 2.75) is 79.7 Å². The van der Waals surface area contributed by atoms with Gasteiger partial charge in [-0.25, -0.2) is 0 Å². The Labute approximate surface area is 168 Å². The van der Waals surface area contributed by atoms with E-state index in [9.17, 15) is 0 Å². The van der Waals surface area contributed by atoms with Crippen LogP contribution < -0.4 is 0 Å². The Morgan fingerprint density at radius 3 is 0.815 bits per heavy atom. The zero-order valence-electron chi connectivity index (χ0n) is 18.7. The van der Waals surface area contributed by atoms with Crippen molar-refractivity contribution in [3.05, 3.63) is 0 Å². The van der Waals surface area contributed by atoms with Gasteiger partial charge in [-0.2, -0.15) is 0 Å². The molecule has 0 aliphatic heterocycles. The van der Waals surface area contributed by atoms with E-state index in [2.05, 4.69) is 13.8 Å². The van der Waals surface area contributed by atoms with Gasteiger partial charge in [0.05, 0.1) is 0 Å². The molecule has 0 fully saturated rings. The second kappa shape index (κ2) is 15.1. The lowest BCUT2D eigenvalue weighted by Gasteiger charge is -2.40. The summed E-state index contributed by atoms with van der Waals surface area (Å²) in [6.07, 6.45) is 1.41. The van der Waals surface area contributed by atoms with E-state index in [1.54, 1.807) is 0 Å². The number of hydrogen-bond acceptors (Lipinski definition) is 7. The number of rotatable bonds is 18. The fourth-order valence-corrected chi connectivity index (χ4v) is 8.90. The van der Waals surface area contributed by atoms with E-state index in [0.29, 0.717) is 52.5 Å². The van der Waals surface area contributed by atoms with Gasteiger partial charge < -0.3 is 31.3 Å². The first-order chi connectivity index (χ1) is 13.0. The zero-order chi connectivity index (χ0) is 20.8. The summed E-state index contributed by atoms with van der Waals surface area (Å²) >= 11 is 0. The summed E-state index contributed by atoms with van der Waals surface area (Å²) in [5, 5.41) is 0. The highest BCUT2D eigenvalue weighted by Crippen LogP contribution is 2.28. The fourth-order valence-electron chi connectivity index (χ4n) is 3.07. The van der Waals surface area contributed by atoms with Gasteiger partial charge in [-0.1, -0.05) is 13.8 Å². The third-order valence-electron chi connectivity index (χ3n) is 3.93. The summed E-state index contributed by atoms with van der Waals surface area (Å²) in [6, 6.07) is 0. The Kier molecular flexibility index (Phi) is 15.1. The van der Waals surface area contributed by atoms with Gasteiger partial charge in [0.2, 0.25) is 0 Å². The van der Waals surface area contributed by atoms with Crippen LogP contribution >= 0.6 is 0 Å². The average Bonchev–Trinajstić information content (AvgIpc) is 2.63. The highest BCUT2D eigenvalue weighted by atomic mass is 28.4. The quantitative estimate of drug-likeness (QED) is 0.309. The molecule has 0 aromatic heterocycles. The normalized spacial score (nSPS) is 15.1. The van der Waals surface area contributed by atoms with Crippen LogP contribution in [0, 0.1) is 0 Å². The minimum atomic E-state index is -3.02. The van der Waals surface area contributed by atoms with Gasteiger partial charge in [0.25, 0.3) is 0 Å². The molecule has 0 aromatic carbocycles. The van der Waals surface area contributed by atoms with Crippen molar-refractivity contribution < 1.29 is 31.3 Å². The van der Waals surface area contributed by atoms with Crippen molar-refractivity contribution in [2.24, 2.45) is 0 Å². The predicted molar refractivity (Wildman–Crippen MR) is 111 cm³/mol. The molecule has 7 nitrogen and oxygen atoms in total. The smallest absolute Gasteiger partial charge is 0.372 e. The van der Waals surface area contributed by atoms with Crippen LogP contribution in [0.1, 0.15) is 68.2 Å². The lowest BCUT2D eigenvalue weighted by atomic mass is 10.5. The Morgan fingerprint density at radius 2 is 0.667 bits per heavy atom. The molecule has 0 N–H and O–H groups in total. The summed E-state index contributed by atoms with van der Waals surface area (Å²) in [4.78, 5) is 0. The van der Waals surface area contributed by atoms with E-state index >= 15 is 0 Å². The Morgan fingerprint density at radius 1 is 0.444 bits per heavy atom. The lowest BCUT2D eigenvalue weighted by Crippen LogP contribution is -2.63. The van der Waals surface area contributed by atoms with Crippen LogP contribution in [0.5, 0.6) is 0 Å². The molecule has 0 aliphatic carbocycles. The van der Waals surface area contributed by atoms with Crippen molar-refractivity contribution in [1.29, 1.82) is 0 Å². The molecule has 0 heterocycles. The van der Waals surface area contributed by atoms with Crippen LogP contribution in [-0.4, -0.2) is 68.7 Å². The molecular weight excluding hydrogens is 384 g/mol. The van der Waals surface area contributed by atoms with Gasteiger partial charge in [0, 0.05) is 39.6 Å². The van der Waals surface area contributed by atoms with Crippen LogP contribution in [0.4, 0.5) is 0 Å². The van der Waals surface area contributed by atoms with Gasteiger partial charge in [0.1, 0.15) is 11.5 Å². The van der Waals surface area contributed by atoms with Crippen molar-refractivity contribution in [2.75, 3.05) is 39.6 Å². The van der Waals surface area contributed by atoms with Crippen molar-refractivity contribution in [3.8, 4) is 0 Å². The standard InChI is InChI=1S/C18H42O7Si2/c1-9-17(26(19-11-3,20-12-4)21-13-5)25-18(10-2)27(22-14-6,23-15-7)24-16-8/h17-18H,9-16H2,1-8H3. The predicted octanol–water partition coefficient (Wildman–Crippen LogP) is 3.74. The molecule has 0 rings (SSSR count). The van der Waals surface area contributed by atoms with Crippen LogP contribution in [0.15, 0.2) is 0 Å². The van der Waals surface area contributed by atoms with E-state index in [0.717, 1.165) is 0 Å². The molecule has 9 heteroatoms. The van der Waals surface area contributed by atoms with Crippen LogP contribution in [0.25, 0.3) is 0 Å². The van der Waals surface area contributed by atoms with Gasteiger partial charge in [-0.05, 0) is 54.4 Å². The van der Waals surface area contributed by atoms with Gasteiger partial charge >= 0.3 is 17.6 Å². The molecule has 0 amide bonds. The largest absolute Gasteiger partial charge is 0.531 e. The van der Waals surface area contributed by atoms with Gasteiger partial charge in [0.15, 0.2) is 0 Å². The van der Waals surface area contributed by atoms with Crippen LogP contribution in [0.3, 0.4) is 0 Å². The topological polar surface area (TPSA) is 64.6 Å². The third-order valence-corrected chi connectivity index (χ3v) is 10.7. The zero-order valence-corrected chi connectivity index (χ0v) is 20.7. The van der Waals surface area contributed by atoms with E-state index < -0.39 is 17.6 Å². The molecule has 0 saturated carbocycles. The minimum Gasteiger partial charge on any atom is -0.372 e. The van der Waals surface area contributed by atoms with Gasteiger partial charge in [-0.3, -0.25) is 0 Å². The van der Waals surface area contributed by atoms with E-state index in [-0.39, 0.29) is 11.5 Å². The van der Waals surface area contributed by atoms with E-state index in [1.807, 2.05) is 41.5 Å². The SMILES string of the molecule is CCO[Si](OCC)(OCC)C(CC)OC(CC)[Si](OCC)(OCC)OCC. The van der Waals surface area contributed by atoms with E-state index in [1.165, 1.54) is 0 Å². The molecule has 0 aromatic rings. The molecule has 0 radical (unpaired) electrons. The van der Waals surface area contributed by atoms with Crippen molar-refractivity contribution in [3.63, 3.8) is 0 Å². The summed E-state index contributed by atoms with van der Waals surface area (Å²) in [5.41, 5.74) is -0.619. The summed E-state index contributed by atoms with van der Waals surface area (Å²) < 4.78 is 43.0. The fraction of sp³-hybridized carbons (Fsp3) is 1.00. The Hall–Kier alpha value is 0.154. The molecule has 2 atom stereocenters. The van der Waals surface area contributed by atoms with Crippen LogP contribution in [-0.2, 0) is 31.3 Å². The molecule has 2 unspecified atom stereocenters. The highest BCUT2D eigenvalue weighted by molar-refractivity contribution is 6.63. The number of hydrogen-bond donors (Lipinski definition) is 0. The molecule has 0 aliphatic rings. The second-order valence-electron chi connectivity index (χ2n) is 5.74. The molecule has 0 bridgehead atoms. The molecule has 164 valence electrons. The van der Waals surface area contributed by atoms with E-state index in [4.69, 9.17) is 31.3 Å².